The van der Waals surface area contributed by atoms with Crippen LogP contribution in [0.25, 0.3) is 0 Å². The van der Waals surface area contributed by atoms with E-state index in [0.29, 0.717) is 0 Å². The highest BCUT2D eigenvalue weighted by atomic mass is 31.2. The molecule has 1 atom stereocenters. The van der Waals surface area contributed by atoms with Crippen molar-refractivity contribution in [1.29, 1.82) is 0 Å². The number of aliphatic carboxylic acids is 1. The topological polar surface area (TPSA) is 112 Å². The number of carbonyl (C=O) groups excluding carboxylic acids is 2. The Morgan fingerprint density at radius 2 is 1.65 bits per heavy atom. The maximum Gasteiger partial charge on any atom is 0.329 e. The molecular weight excluding hydrogens is 285 g/mol. The van der Waals surface area contributed by atoms with Crippen LogP contribution in [0, 0.1) is 5.92 Å². The molecule has 0 aromatic carbocycles. The maximum atomic E-state index is 11.7. The van der Waals surface area contributed by atoms with E-state index in [9.17, 15) is 24.2 Å². The molecule has 0 radical (unpaired) electrons. The smallest absolute Gasteiger partial charge is 0.329 e. The molecule has 0 aromatic heterocycles. The van der Waals surface area contributed by atoms with Gasteiger partial charge in [0.15, 0.2) is 11.6 Å². The molecule has 0 saturated carbocycles. The average Bonchev–Trinajstić information content (AvgIpc) is 2.29. The molecule has 0 spiro atoms. The number of hydrogen-bond acceptors (Lipinski definition) is 5. The van der Waals surface area contributed by atoms with E-state index in [4.69, 9.17) is 5.11 Å². The van der Waals surface area contributed by atoms with Gasteiger partial charge in [-0.1, -0.05) is 13.8 Å². The fraction of sp³-hybridized carbons (Fsp3) is 0.750. The molecule has 8 heteroatoms. The molecule has 0 aromatic rings. The lowest BCUT2D eigenvalue weighted by Crippen LogP contribution is -2.43. The van der Waals surface area contributed by atoms with E-state index in [1.807, 2.05) is 0 Å². The van der Waals surface area contributed by atoms with Crippen molar-refractivity contribution in [3.8, 4) is 0 Å². The van der Waals surface area contributed by atoms with Crippen LogP contribution in [-0.4, -0.2) is 52.1 Å². The molecule has 20 heavy (non-hydrogen) atoms. The summed E-state index contributed by atoms with van der Waals surface area (Å²) in [5.74, 6) is -2.19. The van der Waals surface area contributed by atoms with Crippen LogP contribution in [0.15, 0.2) is 0 Å². The summed E-state index contributed by atoms with van der Waals surface area (Å²) >= 11 is 0. The van der Waals surface area contributed by atoms with Crippen LogP contribution in [0.5, 0.6) is 0 Å². The average molecular weight is 307 g/mol. The normalized spacial score (nSPS) is 13.1. The second-order valence-corrected chi connectivity index (χ2v) is 8.67. The standard InChI is InChI=1S/C12H22NO6P/c1-8(2)7-9(12(16)17)13(18)10(14)5-6-11(15)20(3,4)19/h8-9,18H,5-7H2,1-4H3,(H,16,17). The van der Waals surface area contributed by atoms with Crippen molar-refractivity contribution in [2.24, 2.45) is 5.92 Å². The summed E-state index contributed by atoms with van der Waals surface area (Å²) in [5, 5.41) is 18.8. The molecule has 0 saturated heterocycles. The van der Waals surface area contributed by atoms with Gasteiger partial charge in [-0.05, 0) is 25.7 Å². The zero-order valence-corrected chi connectivity index (χ0v) is 13.1. The van der Waals surface area contributed by atoms with Gasteiger partial charge in [-0.3, -0.25) is 14.8 Å². The third-order valence-electron chi connectivity index (χ3n) is 2.68. The Morgan fingerprint density at radius 1 is 1.15 bits per heavy atom. The summed E-state index contributed by atoms with van der Waals surface area (Å²) in [6.45, 7) is 6.13. The van der Waals surface area contributed by atoms with Crippen molar-refractivity contribution in [2.45, 2.75) is 39.2 Å². The highest BCUT2D eigenvalue weighted by molar-refractivity contribution is 7.79. The van der Waals surface area contributed by atoms with Crippen molar-refractivity contribution in [3.05, 3.63) is 0 Å². The Kier molecular flexibility index (Phi) is 7.09. The Hall–Kier alpha value is -1.20. The second-order valence-electron chi connectivity index (χ2n) is 5.47. The lowest BCUT2D eigenvalue weighted by molar-refractivity contribution is -0.187. The number of amides is 1. The summed E-state index contributed by atoms with van der Waals surface area (Å²) in [4.78, 5) is 34.1. The minimum atomic E-state index is -2.92. The van der Waals surface area contributed by atoms with Crippen molar-refractivity contribution in [2.75, 3.05) is 13.3 Å². The molecule has 0 aliphatic rings. The summed E-state index contributed by atoms with van der Waals surface area (Å²) in [6, 6.07) is -1.34. The van der Waals surface area contributed by atoms with Crippen LogP contribution in [0.1, 0.15) is 33.1 Å². The zero-order chi connectivity index (χ0) is 16.1. The van der Waals surface area contributed by atoms with Crippen molar-refractivity contribution >= 4 is 24.5 Å². The molecule has 0 aliphatic carbocycles. The molecule has 1 unspecified atom stereocenters. The Bertz CT molecular complexity index is 428. The van der Waals surface area contributed by atoms with Gasteiger partial charge >= 0.3 is 5.97 Å². The van der Waals surface area contributed by atoms with Crippen LogP contribution < -0.4 is 0 Å². The van der Waals surface area contributed by atoms with E-state index in [2.05, 4.69) is 0 Å². The first-order chi connectivity index (χ1) is 8.96. The quantitative estimate of drug-likeness (QED) is 0.400. The number of hydrogen-bond donors (Lipinski definition) is 2. The number of carboxylic acid groups (broad SMARTS) is 1. The van der Waals surface area contributed by atoms with Gasteiger partial charge in [-0.2, -0.15) is 0 Å². The molecule has 0 heterocycles. The lowest BCUT2D eigenvalue weighted by atomic mass is 10.0. The Balaban J connectivity index is 4.63. The molecule has 2 N–H and O–H groups in total. The van der Waals surface area contributed by atoms with Gasteiger partial charge in [0.25, 0.3) is 0 Å². The van der Waals surface area contributed by atoms with Crippen LogP contribution in [0.4, 0.5) is 0 Å². The van der Waals surface area contributed by atoms with Crippen molar-refractivity contribution in [3.63, 3.8) is 0 Å². The summed E-state index contributed by atoms with van der Waals surface area (Å²) in [5.41, 5.74) is -0.546. The van der Waals surface area contributed by atoms with Crippen LogP contribution in [0.3, 0.4) is 0 Å². The monoisotopic (exact) mass is 307 g/mol. The van der Waals surface area contributed by atoms with E-state index in [1.54, 1.807) is 13.8 Å². The Morgan fingerprint density at radius 3 is 2.00 bits per heavy atom. The minimum Gasteiger partial charge on any atom is -0.480 e. The molecule has 0 fully saturated rings. The summed E-state index contributed by atoms with van der Waals surface area (Å²) in [6.07, 6.45) is -0.525. The van der Waals surface area contributed by atoms with E-state index in [-0.39, 0.29) is 30.2 Å². The van der Waals surface area contributed by atoms with Gasteiger partial charge in [0.1, 0.15) is 7.14 Å². The number of carboxylic acids is 1. The largest absolute Gasteiger partial charge is 0.480 e. The van der Waals surface area contributed by atoms with Gasteiger partial charge in [-0.15, -0.1) is 0 Å². The van der Waals surface area contributed by atoms with Gasteiger partial charge in [-0.25, -0.2) is 9.86 Å². The number of hydroxylamine groups is 2. The van der Waals surface area contributed by atoms with Gasteiger partial charge in [0, 0.05) is 12.8 Å². The summed E-state index contributed by atoms with van der Waals surface area (Å²) in [7, 11) is -2.92. The predicted molar refractivity (Wildman–Crippen MR) is 73.2 cm³/mol. The number of nitrogens with zero attached hydrogens (tertiary/aromatic N) is 1. The number of rotatable bonds is 8. The van der Waals surface area contributed by atoms with E-state index >= 15 is 0 Å². The van der Waals surface area contributed by atoms with Crippen LogP contribution in [0.2, 0.25) is 0 Å². The van der Waals surface area contributed by atoms with Crippen LogP contribution in [-0.2, 0) is 18.9 Å². The molecule has 0 bridgehead atoms. The van der Waals surface area contributed by atoms with Gasteiger partial charge in [0.05, 0.1) is 0 Å². The Labute approximate surface area is 118 Å². The highest BCUT2D eigenvalue weighted by Gasteiger charge is 2.30. The van der Waals surface area contributed by atoms with Crippen molar-refractivity contribution in [1.82, 2.24) is 5.06 Å². The van der Waals surface area contributed by atoms with E-state index < -0.39 is 30.6 Å². The molecule has 1 amide bonds. The van der Waals surface area contributed by atoms with E-state index in [0.717, 1.165) is 0 Å². The molecule has 116 valence electrons. The molecular formula is C12H22NO6P. The zero-order valence-electron chi connectivity index (χ0n) is 12.2. The minimum absolute atomic E-state index is 0.0216. The lowest BCUT2D eigenvalue weighted by Gasteiger charge is -2.23. The second kappa shape index (κ2) is 7.55. The first-order valence-electron chi connectivity index (χ1n) is 6.29. The first-order valence-corrected chi connectivity index (χ1v) is 8.89. The summed E-state index contributed by atoms with van der Waals surface area (Å²) < 4.78 is 11.5. The fourth-order valence-corrected chi connectivity index (χ4v) is 2.17. The highest BCUT2D eigenvalue weighted by Crippen LogP contribution is 2.38. The fourth-order valence-electron chi connectivity index (χ4n) is 1.52. The third-order valence-corrected chi connectivity index (χ3v) is 4.11. The maximum absolute atomic E-state index is 11.7. The molecule has 0 rings (SSSR count). The molecule has 0 aliphatic heterocycles. The third kappa shape index (κ3) is 6.30. The molecule has 7 nitrogen and oxygen atoms in total. The predicted octanol–water partition coefficient (Wildman–Crippen LogP) is 1.63. The first kappa shape index (κ1) is 18.8. The number of carbonyl (C=O) groups is 3. The van der Waals surface area contributed by atoms with Gasteiger partial charge < -0.3 is 9.67 Å². The SMILES string of the molecule is CC(C)CC(C(=O)O)N(O)C(=O)CCC(=O)P(C)(C)=O. The van der Waals surface area contributed by atoms with Crippen LogP contribution >= 0.6 is 7.14 Å². The van der Waals surface area contributed by atoms with E-state index in [1.165, 1.54) is 13.3 Å². The van der Waals surface area contributed by atoms with Crippen molar-refractivity contribution < 1.29 is 29.3 Å². The van der Waals surface area contributed by atoms with Gasteiger partial charge in [0.2, 0.25) is 5.91 Å².